The van der Waals surface area contributed by atoms with E-state index in [0.717, 1.165) is 18.5 Å². The molecule has 0 bridgehead atoms. The highest BCUT2D eigenvalue weighted by atomic mass is 16.5. The Kier molecular flexibility index (Phi) is 5.54. The summed E-state index contributed by atoms with van der Waals surface area (Å²) in [4.78, 5) is 41.1. The lowest BCUT2D eigenvalue weighted by Crippen LogP contribution is -2.21. The third kappa shape index (κ3) is 4.47. The zero-order valence-corrected chi connectivity index (χ0v) is 17.7. The summed E-state index contributed by atoms with van der Waals surface area (Å²) in [7, 11) is 0. The molecule has 0 radical (unpaired) electrons. The fraction of sp³-hybridized carbons (Fsp3) is 0.348. The first kappa shape index (κ1) is 20.7. The van der Waals surface area contributed by atoms with Crippen molar-refractivity contribution in [2.45, 2.75) is 45.6 Å². The molecule has 1 amide bonds. The maximum Gasteiger partial charge on any atom is 0.339 e. The Morgan fingerprint density at radius 3 is 2.52 bits per heavy atom. The van der Waals surface area contributed by atoms with Gasteiger partial charge in [-0.3, -0.25) is 9.59 Å². The van der Waals surface area contributed by atoms with Crippen LogP contribution in [0.3, 0.4) is 0 Å². The first-order valence-electron chi connectivity index (χ1n) is 10.3. The molecule has 0 spiro atoms. The molecule has 2 aromatic heterocycles. The number of amides is 1. The normalized spacial score (nSPS) is 13.4. The van der Waals surface area contributed by atoms with Gasteiger partial charge in [0.2, 0.25) is 0 Å². The Morgan fingerprint density at radius 2 is 1.90 bits per heavy atom. The fourth-order valence-electron chi connectivity index (χ4n) is 3.37. The minimum atomic E-state index is -0.584. The molecular formula is C23H24N4O4. The van der Waals surface area contributed by atoms with Gasteiger partial charge in [0.1, 0.15) is 0 Å². The van der Waals surface area contributed by atoms with E-state index in [1.165, 1.54) is 6.92 Å². The van der Waals surface area contributed by atoms with Gasteiger partial charge >= 0.3 is 5.97 Å². The van der Waals surface area contributed by atoms with Crippen LogP contribution in [-0.4, -0.2) is 39.0 Å². The van der Waals surface area contributed by atoms with E-state index in [2.05, 4.69) is 10.4 Å². The van der Waals surface area contributed by atoms with Gasteiger partial charge in [-0.25, -0.2) is 14.5 Å². The highest BCUT2D eigenvalue weighted by molar-refractivity contribution is 6.04. The number of carbonyl (C=O) groups is 3. The lowest BCUT2D eigenvalue weighted by molar-refractivity contribution is -0.119. The van der Waals surface area contributed by atoms with Crippen LogP contribution in [0.1, 0.15) is 72.0 Å². The number of benzene rings is 1. The number of ketones is 1. The first-order valence-corrected chi connectivity index (χ1v) is 10.3. The average Bonchev–Trinajstić information content (AvgIpc) is 3.50. The van der Waals surface area contributed by atoms with Crippen molar-refractivity contribution in [1.29, 1.82) is 0 Å². The molecule has 1 aliphatic carbocycles. The van der Waals surface area contributed by atoms with Crippen LogP contribution >= 0.6 is 0 Å². The summed E-state index contributed by atoms with van der Waals surface area (Å²) in [6, 6.07) is 8.37. The van der Waals surface area contributed by atoms with Gasteiger partial charge in [-0.2, -0.15) is 5.10 Å². The Hall–Kier alpha value is -3.55. The van der Waals surface area contributed by atoms with E-state index in [1.807, 2.05) is 13.8 Å². The van der Waals surface area contributed by atoms with Crippen molar-refractivity contribution in [2.24, 2.45) is 0 Å². The molecule has 0 aliphatic heterocycles. The predicted molar refractivity (Wildman–Crippen MR) is 115 cm³/mol. The average molecular weight is 420 g/mol. The van der Waals surface area contributed by atoms with Crippen LogP contribution in [0.2, 0.25) is 0 Å². The van der Waals surface area contributed by atoms with E-state index < -0.39 is 18.5 Å². The number of fused-ring (bicyclic) bond motifs is 1. The summed E-state index contributed by atoms with van der Waals surface area (Å²) in [5, 5.41) is 7.64. The highest BCUT2D eigenvalue weighted by Crippen LogP contribution is 2.40. The van der Waals surface area contributed by atoms with E-state index in [0.29, 0.717) is 33.8 Å². The van der Waals surface area contributed by atoms with E-state index in [4.69, 9.17) is 9.72 Å². The topological polar surface area (TPSA) is 103 Å². The molecule has 0 atom stereocenters. The molecule has 3 aromatic rings. The molecular weight excluding hydrogens is 396 g/mol. The van der Waals surface area contributed by atoms with Crippen LogP contribution in [0.25, 0.3) is 11.0 Å². The van der Waals surface area contributed by atoms with Crippen molar-refractivity contribution < 1.29 is 19.1 Å². The first-order chi connectivity index (χ1) is 14.8. The number of rotatable bonds is 7. The number of ether oxygens (including phenoxy) is 1. The number of aromatic nitrogens is 3. The Balaban J connectivity index is 1.48. The zero-order chi connectivity index (χ0) is 22.1. The van der Waals surface area contributed by atoms with E-state index in [1.54, 1.807) is 41.2 Å². The summed E-state index contributed by atoms with van der Waals surface area (Å²) in [5.74, 6) is -0.747. The van der Waals surface area contributed by atoms with Gasteiger partial charge in [-0.1, -0.05) is 0 Å². The largest absolute Gasteiger partial charge is 0.452 e. The van der Waals surface area contributed by atoms with Crippen molar-refractivity contribution in [3.8, 4) is 0 Å². The SMILES string of the molecule is CC(=O)c1ccc(NC(=O)COC(=O)c2cc(C3CC3)nc3c2cnn3C(C)C)cc1. The molecule has 0 unspecified atom stereocenters. The molecule has 8 nitrogen and oxygen atoms in total. The van der Waals surface area contributed by atoms with E-state index >= 15 is 0 Å². The number of nitrogens with one attached hydrogen (secondary N) is 1. The minimum absolute atomic E-state index is 0.0539. The predicted octanol–water partition coefficient (Wildman–Crippen LogP) is 3.89. The molecule has 1 aromatic carbocycles. The number of pyridine rings is 1. The van der Waals surface area contributed by atoms with Crippen LogP contribution in [0.5, 0.6) is 0 Å². The maximum absolute atomic E-state index is 12.8. The molecule has 160 valence electrons. The molecule has 1 N–H and O–H groups in total. The quantitative estimate of drug-likeness (QED) is 0.459. The lowest BCUT2D eigenvalue weighted by Gasteiger charge is -2.10. The van der Waals surface area contributed by atoms with Crippen molar-refractivity contribution in [3.05, 3.63) is 53.3 Å². The summed E-state index contributed by atoms with van der Waals surface area (Å²) in [5.41, 5.74) is 2.96. The Labute approximate surface area is 179 Å². The molecule has 1 aliphatic rings. The number of hydrogen-bond donors (Lipinski definition) is 1. The molecule has 2 heterocycles. The second-order valence-corrected chi connectivity index (χ2v) is 8.05. The Bertz CT molecular complexity index is 1160. The molecule has 8 heteroatoms. The third-order valence-corrected chi connectivity index (χ3v) is 5.20. The van der Waals surface area contributed by atoms with Crippen molar-refractivity contribution >= 4 is 34.4 Å². The monoisotopic (exact) mass is 420 g/mol. The standard InChI is InChI=1S/C23H24N4O4/c1-13(2)27-22-19(11-24-27)18(10-20(26-22)16-4-5-16)23(30)31-12-21(29)25-17-8-6-15(7-9-17)14(3)28/h6-11,13,16H,4-5,12H2,1-3H3,(H,25,29). The van der Waals surface area contributed by atoms with Crippen molar-refractivity contribution in [2.75, 3.05) is 11.9 Å². The maximum atomic E-state index is 12.8. The van der Waals surface area contributed by atoms with Crippen LogP contribution in [0.4, 0.5) is 5.69 Å². The summed E-state index contributed by atoms with van der Waals surface area (Å²) >= 11 is 0. The highest BCUT2D eigenvalue weighted by Gasteiger charge is 2.28. The summed E-state index contributed by atoms with van der Waals surface area (Å²) in [6.45, 7) is 5.06. The molecule has 1 fully saturated rings. The van der Waals surface area contributed by atoms with Crippen molar-refractivity contribution in [3.63, 3.8) is 0 Å². The van der Waals surface area contributed by atoms with Gasteiger partial charge in [0.25, 0.3) is 5.91 Å². The van der Waals surface area contributed by atoms with Crippen LogP contribution < -0.4 is 5.32 Å². The van der Waals surface area contributed by atoms with E-state index in [9.17, 15) is 14.4 Å². The van der Waals surface area contributed by atoms with Gasteiger partial charge in [0.05, 0.1) is 17.1 Å². The summed E-state index contributed by atoms with van der Waals surface area (Å²) < 4.78 is 7.07. The number of nitrogens with zero attached hydrogens (tertiary/aromatic N) is 3. The van der Waals surface area contributed by atoms with Gasteiger partial charge < -0.3 is 10.1 Å². The van der Waals surface area contributed by atoms with E-state index in [-0.39, 0.29) is 11.8 Å². The third-order valence-electron chi connectivity index (χ3n) is 5.20. The molecule has 31 heavy (non-hydrogen) atoms. The van der Waals surface area contributed by atoms with Crippen LogP contribution in [-0.2, 0) is 9.53 Å². The van der Waals surface area contributed by atoms with Crippen LogP contribution in [0, 0.1) is 0 Å². The Morgan fingerprint density at radius 1 is 1.19 bits per heavy atom. The number of carbonyl (C=O) groups excluding carboxylic acids is 3. The summed E-state index contributed by atoms with van der Waals surface area (Å²) in [6.07, 6.45) is 3.72. The second kappa shape index (κ2) is 8.29. The molecule has 1 saturated carbocycles. The van der Waals surface area contributed by atoms with Crippen LogP contribution in [0.15, 0.2) is 36.5 Å². The number of anilines is 1. The number of esters is 1. The number of hydrogen-bond acceptors (Lipinski definition) is 6. The van der Waals surface area contributed by atoms with Gasteiger partial charge in [0.15, 0.2) is 18.0 Å². The van der Waals surface area contributed by atoms with Crippen molar-refractivity contribution in [1.82, 2.24) is 14.8 Å². The fourth-order valence-corrected chi connectivity index (χ4v) is 3.37. The van der Waals surface area contributed by atoms with Gasteiger partial charge in [-0.05, 0) is 63.9 Å². The second-order valence-electron chi connectivity index (χ2n) is 8.05. The van der Waals surface area contributed by atoms with Gasteiger partial charge in [-0.15, -0.1) is 0 Å². The smallest absolute Gasteiger partial charge is 0.339 e. The number of Topliss-reactive ketones (excluding diaryl/α,β-unsaturated/α-hetero) is 1. The van der Waals surface area contributed by atoms with Gasteiger partial charge in [0, 0.05) is 28.9 Å². The molecule has 0 saturated heterocycles. The zero-order valence-electron chi connectivity index (χ0n) is 17.7. The lowest BCUT2D eigenvalue weighted by atomic mass is 10.1. The molecule has 4 rings (SSSR count). The minimum Gasteiger partial charge on any atom is -0.452 e.